The van der Waals surface area contributed by atoms with Gasteiger partial charge >= 0.3 is 0 Å². The smallest absolute Gasteiger partial charge is 0.0546 e. The van der Waals surface area contributed by atoms with Crippen molar-refractivity contribution < 1.29 is 0 Å². The summed E-state index contributed by atoms with van der Waals surface area (Å²) < 4.78 is 0. The van der Waals surface area contributed by atoms with Crippen LogP contribution >= 0.6 is 0 Å². The molecule has 8 aromatic rings. The Balaban J connectivity index is 1.41. The van der Waals surface area contributed by atoms with Crippen LogP contribution in [0.4, 0.5) is 17.1 Å². The molecule has 0 spiro atoms. The molecule has 222 valence electrons. The Bertz CT molecular complexity index is 2280. The molecule has 0 unspecified atom stereocenters. The first-order valence-electron chi connectivity index (χ1n) is 16.1. The maximum Gasteiger partial charge on any atom is 0.0546 e. The van der Waals surface area contributed by atoms with Gasteiger partial charge in [-0.25, -0.2) is 0 Å². The van der Waals surface area contributed by atoms with Crippen LogP contribution in [0, 0.1) is 0 Å². The van der Waals surface area contributed by atoms with Crippen molar-refractivity contribution in [2.45, 2.75) is 0 Å². The van der Waals surface area contributed by atoms with Gasteiger partial charge in [0.05, 0.1) is 5.69 Å². The number of nitrogens with zero attached hydrogens (tertiary/aromatic N) is 1. The van der Waals surface area contributed by atoms with E-state index in [2.05, 4.69) is 205 Å². The van der Waals surface area contributed by atoms with Gasteiger partial charge in [-0.1, -0.05) is 170 Å². The fraction of sp³-hybridized carbons (Fsp3) is 0. The Morgan fingerprint density at radius 2 is 0.787 bits per heavy atom. The lowest BCUT2D eigenvalue weighted by Gasteiger charge is -2.30. The average molecular weight is 600 g/mol. The SMILES string of the molecule is c1ccc(-c2ccccc2-c2c(-c3ccccc3)cccc2N(c2ccccc2)c2cccc(-c3cccc4ccccc34)c2)cc1. The average Bonchev–Trinajstić information content (AvgIpc) is 3.16. The number of para-hydroxylation sites is 1. The molecule has 0 aliphatic heterocycles. The molecule has 0 aliphatic carbocycles. The first kappa shape index (κ1) is 28.3. The van der Waals surface area contributed by atoms with Gasteiger partial charge in [0, 0.05) is 16.9 Å². The van der Waals surface area contributed by atoms with E-state index in [0.717, 1.165) is 17.1 Å². The molecule has 0 fully saturated rings. The molecule has 8 aromatic carbocycles. The van der Waals surface area contributed by atoms with Gasteiger partial charge in [0.25, 0.3) is 0 Å². The zero-order valence-electron chi connectivity index (χ0n) is 26.0. The fourth-order valence-corrected chi connectivity index (χ4v) is 6.73. The van der Waals surface area contributed by atoms with E-state index >= 15 is 0 Å². The molecule has 0 heterocycles. The van der Waals surface area contributed by atoms with Crippen molar-refractivity contribution in [3.05, 3.63) is 200 Å². The van der Waals surface area contributed by atoms with E-state index in [1.165, 1.54) is 55.3 Å². The van der Waals surface area contributed by atoms with Crippen LogP contribution in [0.5, 0.6) is 0 Å². The molecule has 47 heavy (non-hydrogen) atoms. The number of hydrogen-bond donors (Lipinski definition) is 0. The summed E-state index contributed by atoms with van der Waals surface area (Å²) in [7, 11) is 0. The first-order valence-corrected chi connectivity index (χ1v) is 16.1. The third-order valence-electron chi connectivity index (χ3n) is 8.87. The largest absolute Gasteiger partial charge is 0.310 e. The summed E-state index contributed by atoms with van der Waals surface area (Å²) in [5.74, 6) is 0. The van der Waals surface area contributed by atoms with Crippen LogP contribution in [0.2, 0.25) is 0 Å². The molecule has 1 nitrogen and oxygen atoms in total. The number of anilines is 3. The van der Waals surface area contributed by atoms with Gasteiger partial charge in [0.1, 0.15) is 0 Å². The Hall–Kier alpha value is -6.18. The van der Waals surface area contributed by atoms with Crippen LogP contribution in [-0.4, -0.2) is 0 Å². The second kappa shape index (κ2) is 12.7. The maximum absolute atomic E-state index is 2.41. The molecule has 0 N–H and O–H groups in total. The standard InChI is InChI=1S/C46H33N/c1-4-17-34(18-5-1)41-28-12-13-29-44(41)46-43(36-19-6-2-7-20-36)31-16-32-45(46)47(38-24-8-3-9-25-38)39-26-14-23-37(33-39)42-30-15-22-35-21-10-11-27-40(35)42/h1-33H. The van der Waals surface area contributed by atoms with E-state index in [1.807, 2.05) is 0 Å². The molecule has 0 saturated heterocycles. The normalized spacial score (nSPS) is 11.0. The summed E-state index contributed by atoms with van der Waals surface area (Å²) >= 11 is 0. The Kier molecular flexibility index (Phi) is 7.63. The van der Waals surface area contributed by atoms with Crippen molar-refractivity contribution in [1.29, 1.82) is 0 Å². The minimum Gasteiger partial charge on any atom is -0.310 e. The number of rotatable bonds is 7. The molecular weight excluding hydrogens is 567 g/mol. The number of hydrogen-bond acceptors (Lipinski definition) is 1. The molecule has 0 bridgehead atoms. The Morgan fingerprint density at radius 3 is 1.55 bits per heavy atom. The lowest BCUT2D eigenvalue weighted by atomic mass is 9.87. The molecule has 0 amide bonds. The highest BCUT2D eigenvalue weighted by molar-refractivity contribution is 6.02. The Labute approximate surface area is 276 Å². The van der Waals surface area contributed by atoms with Crippen LogP contribution in [0.25, 0.3) is 55.3 Å². The quantitative estimate of drug-likeness (QED) is 0.176. The van der Waals surface area contributed by atoms with Crippen molar-refractivity contribution in [1.82, 2.24) is 0 Å². The van der Waals surface area contributed by atoms with E-state index in [4.69, 9.17) is 0 Å². The predicted octanol–water partition coefficient (Wildman–Crippen LogP) is 13.0. The van der Waals surface area contributed by atoms with E-state index in [-0.39, 0.29) is 0 Å². The second-order valence-corrected chi connectivity index (χ2v) is 11.7. The maximum atomic E-state index is 2.41. The number of benzene rings is 8. The van der Waals surface area contributed by atoms with E-state index in [1.54, 1.807) is 0 Å². The van der Waals surface area contributed by atoms with Gasteiger partial charge in [-0.2, -0.15) is 0 Å². The van der Waals surface area contributed by atoms with Crippen LogP contribution in [0.15, 0.2) is 200 Å². The third-order valence-corrected chi connectivity index (χ3v) is 8.87. The van der Waals surface area contributed by atoms with Gasteiger partial charge in [-0.3, -0.25) is 0 Å². The van der Waals surface area contributed by atoms with Crippen molar-refractivity contribution in [3.63, 3.8) is 0 Å². The summed E-state index contributed by atoms with van der Waals surface area (Å²) in [5.41, 5.74) is 12.9. The van der Waals surface area contributed by atoms with Crippen LogP contribution in [-0.2, 0) is 0 Å². The highest BCUT2D eigenvalue weighted by atomic mass is 15.1. The molecule has 0 saturated carbocycles. The van der Waals surface area contributed by atoms with Crippen LogP contribution in [0.1, 0.15) is 0 Å². The summed E-state index contributed by atoms with van der Waals surface area (Å²) in [6.07, 6.45) is 0. The molecule has 0 aromatic heterocycles. The zero-order chi connectivity index (χ0) is 31.4. The minimum atomic E-state index is 1.10. The monoisotopic (exact) mass is 599 g/mol. The Morgan fingerprint density at radius 1 is 0.298 bits per heavy atom. The topological polar surface area (TPSA) is 3.24 Å². The predicted molar refractivity (Wildman–Crippen MR) is 200 cm³/mol. The van der Waals surface area contributed by atoms with Crippen LogP contribution < -0.4 is 4.90 Å². The van der Waals surface area contributed by atoms with Crippen molar-refractivity contribution in [3.8, 4) is 44.5 Å². The van der Waals surface area contributed by atoms with Crippen molar-refractivity contribution >= 4 is 27.8 Å². The lowest BCUT2D eigenvalue weighted by Crippen LogP contribution is -2.12. The van der Waals surface area contributed by atoms with Gasteiger partial charge in [0.2, 0.25) is 0 Å². The summed E-state index contributed by atoms with van der Waals surface area (Å²) in [5, 5.41) is 2.49. The zero-order valence-corrected chi connectivity index (χ0v) is 26.0. The van der Waals surface area contributed by atoms with Crippen molar-refractivity contribution in [2.24, 2.45) is 0 Å². The van der Waals surface area contributed by atoms with Crippen LogP contribution in [0.3, 0.4) is 0 Å². The molecule has 0 aliphatic rings. The second-order valence-electron chi connectivity index (χ2n) is 11.7. The van der Waals surface area contributed by atoms with Gasteiger partial charge in [0.15, 0.2) is 0 Å². The van der Waals surface area contributed by atoms with Gasteiger partial charge in [-0.05, 0) is 80.0 Å². The van der Waals surface area contributed by atoms with E-state index in [9.17, 15) is 0 Å². The molecule has 0 atom stereocenters. The fourth-order valence-electron chi connectivity index (χ4n) is 6.73. The van der Waals surface area contributed by atoms with E-state index < -0.39 is 0 Å². The highest BCUT2D eigenvalue weighted by Gasteiger charge is 2.22. The van der Waals surface area contributed by atoms with Gasteiger partial charge < -0.3 is 4.90 Å². The van der Waals surface area contributed by atoms with Gasteiger partial charge in [-0.15, -0.1) is 0 Å². The molecule has 0 radical (unpaired) electrons. The highest BCUT2D eigenvalue weighted by Crippen LogP contribution is 2.48. The minimum absolute atomic E-state index is 1.10. The number of fused-ring (bicyclic) bond motifs is 1. The molecule has 1 heteroatoms. The first-order chi connectivity index (χ1) is 23.3. The summed E-state index contributed by atoms with van der Waals surface area (Å²) in [6.45, 7) is 0. The molecule has 8 rings (SSSR count). The van der Waals surface area contributed by atoms with Crippen molar-refractivity contribution in [2.75, 3.05) is 4.90 Å². The molecular formula is C46H33N. The summed E-state index contributed by atoms with van der Waals surface area (Å²) in [6, 6.07) is 71.9. The van der Waals surface area contributed by atoms with E-state index in [0.29, 0.717) is 0 Å². The summed E-state index contributed by atoms with van der Waals surface area (Å²) in [4.78, 5) is 2.41. The third kappa shape index (κ3) is 5.49. The lowest BCUT2D eigenvalue weighted by molar-refractivity contribution is 1.28.